The lowest BCUT2D eigenvalue weighted by atomic mass is 10.2. The van der Waals surface area contributed by atoms with Gasteiger partial charge in [0.25, 0.3) is 5.91 Å². The van der Waals surface area contributed by atoms with Gasteiger partial charge in [0, 0.05) is 5.56 Å². The number of esters is 1. The van der Waals surface area contributed by atoms with E-state index in [2.05, 4.69) is 20.0 Å². The Morgan fingerprint density at radius 1 is 1.12 bits per heavy atom. The summed E-state index contributed by atoms with van der Waals surface area (Å²) >= 11 is 0. The van der Waals surface area contributed by atoms with E-state index in [1.54, 1.807) is 6.92 Å². The van der Waals surface area contributed by atoms with Crippen molar-refractivity contribution in [2.24, 2.45) is 11.7 Å². The van der Waals surface area contributed by atoms with Gasteiger partial charge in [-0.05, 0) is 62.4 Å². The summed E-state index contributed by atoms with van der Waals surface area (Å²) < 4.78 is 47.1. The van der Waals surface area contributed by atoms with E-state index in [1.165, 1.54) is 36.4 Å². The van der Waals surface area contributed by atoms with Crippen LogP contribution in [0.2, 0.25) is 0 Å². The number of hydrogen-bond donors (Lipinski definition) is 2. The van der Waals surface area contributed by atoms with Crippen molar-refractivity contribution in [3.8, 4) is 23.0 Å². The molecule has 0 aliphatic heterocycles. The number of alkyl halides is 2. The first-order valence-electron chi connectivity index (χ1n) is 12.6. The van der Waals surface area contributed by atoms with Crippen LogP contribution in [0.4, 0.5) is 8.78 Å². The van der Waals surface area contributed by atoms with Crippen LogP contribution in [0, 0.1) is 5.92 Å². The van der Waals surface area contributed by atoms with E-state index < -0.39 is 24.5 Å². The molecule has 41 heavy (non-hydrogen) atoms. The van der Waals surface area contributed by atoms with E-state index >= 15 is 0 Å². The Morgan fingerprint density at radius 3 is 2.51 bits per heavy atom. The quantitative estimate of drug-likeness (QED) is 0.239. The number of ether oxygens (including phenoxy) is 3. The number of benzene rings is 1. The smallest absolute Gasteiger partial charge is 0.387 e. The molecule has 1 atom stereocenters. The van der Waals surface area contributed by atoms with E-state index in [-0.39, 0.29) is 66.7 Å². The number of carbonyl (C=O) groups excluding carboxylic acids is 2. The highest BCUT2D eigenvalue weighted by atomic mass is 35.5. The topological polar surface area (TPSA) is 139 Å². The van der Waals surface area contributed by atoms with Crippen LogP contribution < -0.4 is 20.5 Å². The van der Waals surface area contributed by atoms with Crippen LogP contribution in [0.5, 0.6) is 11.5 Å². The molecule has 0 saturated heterocycles. The molecule has 0 radical (unpaired) electrons. The first kappa shape index (κ1) is 33.7. The van der Waals surface area contributed by atoms with Gasteiger partial charge in [0.2, 0.25) is 5.89 Å². The number of halogens is 4. The summed E-state index contributed by atoms with van der Waals surface area (Å²) in [6.45, 7) is 1.17. The van der Waals surface area contributed by atoms with Gasteiger partial charge in [-0.15, -0.1) is 24.8 Å². The van der Waals surface area contributed by atoms with Crippen molar-refractivity contribution in [2.75, 3.05) is 13.2 Å². The van der Waals surface area contributed by atoms with Gasteiger partial charge in [0.1, 0.15) is 22.8 Å². The molecule has 1 aliphatic rings. The van der Waals surface area contributed by atoms with Gasteiger partial charge in [0.15, 0.2) is 11.5 Å². The molecule has 0 spiro atoms. The normalized spacial score (nSPS) is 13.0. The number of carbonyl (C=O) groups is 2. The molecule has 224 valence electrons. The minimum atomic E-state index is -3.00. The molecule has 0 bridgehead atoms. The second-order valence-corrected chi connectivity index (χ2v) is 9.14. The standard InChI is InChI=1S/C27H30F2N4O6.2ClH/c1-3-11-36-26(35)19-6-4-5-18(32-19)24(34)31-13-20-23(15(2)30)39-25(33-20)17-9-10-21(38-27(28)29)22(12-17)37-14-16-7-8-16;;/h4-6,9-10,12,15-16,27H,3,7-8,11,13-14,30H2,1-2H3,(H,31,34);2*1H/t15-;;/m0../s1. The maximum absolute atomic E-state index is 12.9. The van der Waals surface area contributed by atoms with Crippen molar-refractivity contribution in [1.29, 1.82) is 0 Å². The fourth-order valence-corrected chi connectivity index (χ4v) is 3.61. The van der Waals surface area contributed by atoms with E-state index in [1.807, 2.05) is 6.92 Å². The van der Waals surface area contributed by atoms with Crippen LogP contribution in [-0.4, -0.2) is 41.7 Å². The Hall–Kier alpha value is -3.48. The van der Waals surface area contributed by atoms with Gasteiger partial charge in [-0.3, -0.25) is 4.79 Å². The Balaban J connectivity index is 0.00000294. The lowest BCUT2D eigenvalue weighted by molar-refractivity contribution is -0.0515. The number of hydrogen-bond acceptors (Lipinski definition) is 9. The number of nitrogens with one attached hydrogen (secondary N) is 1. The zero-order valence-corrected chi connectivity index (χ0v) is 24.1. The summed E-state index contributed by atoms with van der Waals surface area (Å²) in [7, 11) is 0. The highest BCUT2D eigenvalue weighted by Gasteiger charge is 2.24. The minimum Gasteiger partial charge on any atom is -0.489 e. The Labute approximate surface area is 248 Å². The summed E-state index contributed by atoms with van der Waals surface area (Å²) in [6.07, 6.45) is 2.72. The summed E-state index contributed by atoms with van der Waals surface area (Å²) in [5, 5.41) is 2.71. The molecule has 1 aromatic carbocycles. The first-order chi connectivity index (χ1) is 18.7. The van der Waals surface area contributed by atoms with E-state index in [0.717, 1.165) is 12.8 Å². The van der Waals surface area contributed by atoms with Crippen molar-refractivity contribution in [1.82, 2.24) is 15.3 Å². The summed E-state index contributed by atoms with van der Waals surface area (Å²) in [5.74, 6) is -0.185. The second kappa shape index (κ2) is 15.5. The van der Waals surface area contributed by atoms with Crippen molar-refractivity contribution < 1.29 is 37.0 Å². The highest BCUT2D eigenvalue weighted by molar-refractivity contribution is 5.94. The molecule has 3 N–H and O–H groups in total. The molecule has 2 heterocycles. The average Bonchev–Trinajstić information content (AvgIpc) is 3.65. The van der Waals surface area contributed by atoms with Crippen molar-refractivity contribution in [3.05, 3.63) is 59.2 Å². The molecular weight excluding hydrogens is 585 g/mol. The number of rotatable bonds is 13. The number of nitrogens with zero attached hydrogens (tertiary/aromatic N) is 2. The number of nitrogens with two attached hydrogens (primary N) is 1. The molecule has 0 unspecified atom stereocenters. The molecule has 4 rings (SSSR count). The Bertz CT molecular complexity index is 1320. The number of amides is 1. The SMILES string of the molecule is CCCOC(=O)c1cccc(C(=O)NCc2nc(-c3ccc(OC(F)F)c(OCC4CC4)c3)oc2[C@H](C)N)n1.Cl.Cl. The van der Waals surface area contributed by atoms with Crippen molar-refractivity contribution >= 4 is 36.7 Å². The molecule has 3 aromatic rings. The van der Waals surface area contributed by atoms with Crippen LogP contribution >= 0.6 is 24.8 Å². The number of pyridine rings is 1. The minimum absolute atomic E-state index is 0. The Morgan fingerprint density at radius 2 is 1.85 bits per heavy atom. The maximum atomic E-state index is 12.9. The van der Waals surface area contributed by atoms with Crippen LogP contribution in [0.15, 0.2) is 40.8 Å². The first-order valence-corrected chi connectivity index (χ1v) is 12.6. The average molecular weight is 617 g/mol. The number of aromatic nitrogens is 2. The van der Waals surface area contributed by atoms with Gasteiger partial charge < -0.3 is 29.7 Å². The molecule has 14 heteroatoms. The van der Waals surface area contributed by atoms with Gasteiger partial charge in [-0.25, -0.2) is 14.8 Å². The zero-order valence-electron chi connectivity index (χ0n) is 22.4. The maximum Gasteiger partial charge on any atom is 0.387 e. The van der Waals surface area contributed by atoms with E-state index in [4.69, 9.17) is 19.6 Å². The second-order valence-electron chi connectivity index (χ2n) is 9.14. The van der Waals surface area contributed by atoms with Crippen LogP contribution in [0.25, 0.3) is 11.5 Å². The van der Waals surface area contributed by atoms with Gasteiger partial charge in [-0.1, -0.05) is 13.0 Å². The molecule has 2 aromatic heterocycles. The van der Waals surface area contributed by atoms with Crippen molar-refractivity contribution in [3.63, 3.8) is 0 Å². The number of oxazole rings is 1. The lowest BCUT2D eigenvalue weighted by Gasteiger charge is -2.12. The van der Waals surface area contributed by atoms with E-state index in [0.29, 0.717) is 36.0 Å². The predicted molar refractivity (Wildman–Crippen MR) is 150 cm³/mol. The van der Waals surface area contributed by atoms with Crippen LogP contribution in [-0.2, 0) is 11.3 Å². The third-order valence-corrected chi connectivity index (χ3v) is 5.76. The van der Waals surface area contributed by atoms with Crippen LogP contribution in [0.1, 0.15) is 71.6 Å². The summed E-state index contributed by atoms with van der Waals surface area (Å²) in [5.41, 5.74) is 6.96. The molecule has 1 aliphatic carbocycles. The zero-order chi connectivity index (χ0) is 27.9. The highest BCUT2D eigenvalue weighted by Crippen LogP contribution is 2.37. The Kier molecular flexibility index (Phi) is 12.8. The van der Waals surface area contributed by atoms with Gasteiger partial charge >= 0.3 is 12.6 Å². The predicted octanol–water partition coefficient (Wildman–Crippen LogP) is 5.49. The fraction of sp³-hybridized carbons (Fsp3) is 0.407. The monoisotopic (exact) mass is 616 g/mol. The van der Waals surface area contributed by atoms with Gasteiger partial charge in [-0.2, -0.15) is 8.78 Å². The van der Waals surface area contributed by atoms with Crippen LogP contribution in [0.3, 0.4) is 0 Å². The largest absolute Gasteiger partial charge is 0.489 e. The molecule has 10 nitrogen and oxygen atoms in total. The summed E-state index contributed by atoms with van der Waals surface area (Å²) in [6, 6.07) is 8.33. The molecule has 1 amide bonds. The van der Waals surface area contributed by atoms with E-state index in [9.17, 15) is 18.4 Å². The van der Waals surface area contributed by atoms with Gasteiger partial charge in [0.05, 0.1) is 25.8 Å². The van der Waals surface area contributed by atoms with Crippen molar-refractivity contribution in [2.45, 2.75) is 52.3 Å². The third kappa shape index (κ3) is 9.27. The summed E-state index contributed by atoms with van der Waals surface area (Å²) in [4.78, 5) is 33.4. The fourth-order valence-electron chi connectivity index (χ4n) is 3.61. The molecule has 1 fully saturated rings. The third-order valence-electron chi connectivity index (χ3n) is 5.76. The molecule has 1 saturated carbocycles. The molecular formula is C27H32Cl2F2N4O6. The lowest BCUT2D eigenvalue weighted by Crippen LogP contribution is -2.25.